The molecule has 4 heterocycles. The quantitative estimate of drug-likeness (QED) is 0.845. The summed E-state index contributed by atoms with van der Waals surface area (Å²) in [7, 11) is 2.01. The normalized spacial score (nSPS) is 23.4. The number of fused-ring (bicyclic) bond motifs is 3. The van der Waals surface area contributed by atoms with Gasteiger partial charge in [-0.05, 0) is 25.0 Å². The number of nitrogens with zero attached hydrogens (tertiary/aromatic N) is 5. The van der Waals surface area contributed by atoms with E-state index in [1.54, 1.807) is 6.20 Å². The summed E-state index contributed by atoms with van der Waals surface area (Å²) in [6.07, 6.45) is 5.99. The van der Waals surface area contributed by atoms with Crippen molar-refractivity contribution < 1.29 is 9.53 Å². The van der Waals surface area contributed by atoms with Gasteiger partial charge in [0.05, 0.1) is 30.6 Å². The van der Waals surface area contributed by atoms with Gasteiger partial charge in [0.2, 0.25) is 5.91 Å². The lowest BCUT2D eigenvalue weighted by atomic mass is 9.99. The Kier molecular flexibility index (Phi) is 3.65. The second kappa shape index (κ2) is 5.81. The minimum Gasteiger partial charge on any atom is -0.368 e. The minimum atomic E-state index is 0.0249. The fraction of sp³-hybridized carbons (Fsp3) is 0.562. The largest absolute Gasteiger partial charge is 0.368 e. The van der Waals surface area contributed by atoms with E-state index in [-0.39, 0.29) is 18.1 Å². The van der Waals surface area contributed by atoms with E-state index < -0.39 is 0 Å². The number of rotatable bonds is 3. The number of amides is 1. The van der Waals surface area contributed by atoms with E-state index >= 15 is 0 Å². The van der Waals surface area contributed by atoms with Crippen molar-refractivity contribution in [2.45, 2.75) is 38.0 Å². The van der Waals surface area contributed by atoms with Crippen LogP contribution in [0.2, 0.25) is 0 Å². The van der Waals surface area contributed by atoms with Gasteiger partial charge >= 0.3 is 0 Å². The molecule has 2 aromatic heterocycles. The lowest BCUT2D eigenvalue weighted by molar-refractivity contribution is -0.139. The first-order chi connectivity index (χ1) is 11.2. The zero-order chi connectivity index (χ0) is 15.8. The molecule has 1 saturated heterocycles. The molecule has 1 amide bonds. The highest BCUT2D eigenvalue weighted by molar-refractivity contribution is 5.76. The van der Waals surface area contributed by atoms with E-state index in [0.717, 1.165) is 25.1 Å². The van der Waals surface area contributed by atoms with Gasteiger partial charge in [-0.1, -0.05) is 5.21 Å². The van der Waals surface area contributed by atoms with Gasteiger partial charge in [-0.25, -0.2) is 4.68 Å². The Morgan fingerprint density at radius 1 is 1.48 bits per heavy atom. The molecule has 23 heavy (non-hydrogen) atoms. The summed E-state index contributed by atoms with van der Waals surface area (Å²) in [6.45, 7) is 1.94. The van der Waals surface area contributed by atoms with Crippen LogP contribution in [0.4, 0.5) is 0 Å². The van der Waals surface area contributed by atoms with Gasteiger partial charge in [0.15, 0.2) is 0 Å². The highest BCUT2D eigenvalue weighted by Gasteiger charge is 2.37. The molecule has 1 fully saturated rings. The van der Waals surface area contributed by atoms with E-state index in [4.69, 9.17) is 4.74 Å². The Hall–Kier alpha value is -2.15. The third-order valence-electron chi connectivity index (χ3n) is 4.93. The van der Waals surface area contributed by atoms with E-state index in [1.165, 1.54) is 5.69 Å². The van der Waals surface area contributed by atoms with Crippen molar-refractivity contribution in [2.24, 2.45) is 7.05 Å². The number of carbonyl (C=O) groups excluding carboxylic acids is 1. The molecule has 7 nitrogen and oxygen atoms in total. The molecule has 7 heteroatoms. The van der Waals surface area contributed by atoms with Crippen molar-refractivity contribution in [1.29, 1.82) is 0 Å². The number of hydrogen-bond acceptors (Lipinski definition) is 4. The van der Waals surface area contributed by atoms with Gasteiger partial charge in [-0.15, -0.1) is 5.10 Å². The summed E-state index contributed by atoms with van der Waals surface area (Å²) in [5, 5.41) is 8.14. The molecule has 2 aliphatic rings. The lowest BCUT2D eigenvalue weighted by Crippen LogP contribution is -2.50. The predicted octanol–water partition coefficient (Wildman–Crippen LogP) is 0.922. The van der Waals surface area contributed by atoms with Gasteiger partial charge in [-0.3, -0.25) is 4.79 Å². The number of hydrogen-bond donors (Lipinski definition) is 0. The first kappa shape index (κ1) is 14.4. The molecule has 122 valence electrons. The second-order valence-electron chi connectivity index (χ2n) is 6.33. The molecule has 2 atom stereocenters. The number of ether oxygens (including phenoxy) is 1. The predicted molar refractivity (Wildman–Crippen MR) is 82.6 cm³/mol. The van der Waals surface area contributed by atoms with E-state index in [1.807, 2.05) is 28.9 Å². The van der Waals surface area contributed by atoms with E-state index in [9.17, 15) is 4.79 Å². The smallest absolute Gasteiger partial charge is 0.223 e. The van der Waals surface area contributed by atoms with E-state index in [2.05, 4.69) is 20.9 Å². The average Bonchev–Trinajstić information content (AvgIpc) is 3.20. The molecule has 4 rings (SSSR count). The Labute approximate surface area is 134 Å². The van der Waals surface area contributed by atoms with Crippen LogP contribution < -0.4 is 0 Å². The molecule has 0 aromatic carbocycles. The van der Waals surface area contributed by atoms with Crippen molar-refractivity contribution in [3.63, 3.8) is 0 Å². The van der Waals surface area contributed by atoms with Crippen LogP contribution in [-0.4, -0.2) is 49.6 Å². The molecule has 0 radical (unpaired) electrons. The number of aryl methyl sites for hydroxylation is 2. The van der Waals surface area contributed by atoms with Crippen LogP contribution in [0.5, 0.6) is 0 Å². The van der Waals surface area contributed by atoms with Crippen molar-refractivity contribution in [3.8, 4) is 0 Å². The Morgan fingerprint density at radius 3 is 3.22 bits per heavy atom. The summed E-state index contributed by atoms with van der Waals surface area (Å²) in [4.78, 5) is 14.4. The fourth-order valence-electron chi connectivity index (χ4n) is 3.56. The SMILES string of the molecule is Cn1cccc1CCC(=O)N1CC[C@H]2[C@H](C1)OCc1cnnn12. The molecule has 0 aliphatic carbocycles. The van der Waals surface area contributed by atoms with Gasteiger partial charge in [0, 0.05) is 38.4 Å². The van der Waals surface area contributed by atoms with Crippen LogP contribution in [0.1, 0.15) is 30.3 Å². The fourth-order valence-corrected chi connectivity index (χ4v) is 3.56. The third kappa shape index (κ3) is 2.65. The Balaban J connectivity index is 1.37. The lowest BCUT2D eigenvalue weighted by Gasteiger charge is -2.41. The summed E-state index contributed by atoms with van der Waals surface area (Å²) in [5.41, 5.74) is 2.21. The van der Waals surface area contributed by atoms with Crippen LogP contribution in [0, 0.1) is 0 Å². The number of aromatic nitrogens is 4. The first-order valence-corrected chi connectivity index (χ1v) is 8.11. The highest BCUT2D eigenvalue weighted by Crippen LogP contribution is 2.30. The monoisotopic (exact) mass is 315 g/mol. The maximum Gasteiger partial charge on any atom is 0.223 e. The van der Waals surface area contributed by atoms with Gasteiger partial charge in [0.1, 0.15) is 0 Å². The molecule has 0 N–H and O–H groups in total. The topological polar surface area (TPSA) is 65.2 Å². The molecule has 2 aromatic rings. The summed E-state index contributed by atoms with van der Waals surface area (Å²) in [6, 6.07) is 4.28. The van der Waals surface area contributed by atoms with Gasteiger partial charge in [0.25, 0.3) is 0 Å². The van der Waals surface area contributed by atoms with Crippen LogP contribution in [0.15, 0.2) is 24.5 Å². The van der Waals surface area contributed by atoms with Crippen molar-refractivity contribution in [3.05, 3.63) is 35.9 Å². The van der Waals surface area contributed by atoms with Crippen molar-refractivity contribution in [1.82, 2.24) is 24.5 Å². The van der Waals surface area contributed by atoms with Gasteiger partial charge in [-0.2, -0.15) is 0 Å². The Morgan fingerprint density at radius 2 is 2.39 bits per heavy atom. The first-order valence-electron chi connectivity index (χ1n) is 8.11. The van der Waals surface area contributed by atoms with Crippen molar-refractivity contribution >= 4 is 5.91 Å². The summed E-state index contributed by atoms with van der Waals surface area (Å²) in [5.74, 6) is 0.206. The molecule has 0 bridgehead atoms. The molecule has 2 aliphatic heterocycles. The van der Waals surface area contributed by atoms with Crippen LogP contribution >= 0.6 is 0 Å². The zero-order valence-corrected chi connectivity index (χ0v) is 13.3. The zero-order valence-electron chi connectivity index (χ0n) is 13.3. The molecule has 0 spiro atoms. The molecule has 0 unspecified atom stereocenters. The summed E-state index contributed by atoms with van der Waals surface area (Å²) < 4.78 is 9.96. The Bertz CT molecular complexity index is 707. The maximum absolute atomic E-state index is 12.5. The van der Waals surface area contributed by atoms with Crippen molar-refractivity contribution in [2.75, 3.05) is 13.1 Å². The third-order valence-corrected chi connectivity index (χ3v) is 4.93. The summed E-state index contributed by atoms with van der Waals surface area (Å²) >= 11 is 0. The molecular formula is C16H21N5O2. The molecule has 0 saturated carbocycles. The van der Waals surface area contributed by atoms with Crippen LogP contribution in [0.25, 0.3) is 0 Å². The second-order valence-corrected chi connectivity index (χ2v) is 6.33. The van der Waals surface area contributed by atoms with Crippen LogP contribution in [-0.2, 0) is 29.6 Å². The van der Waals surface area contributed by atoms with Gasteiger partial charge < -0.3 is 14.2 Å². The average molecular weight is 315 g/mol. The van der Waals surface area contributed by atoms with Crippen LogP contribution in [0.3, 0.4) is 0 Å². The number of carbonyl (C=O) groups is 1. The number of piperidine rings is 1. The highest BCUT2D eigenvalue weighted by atomic mass is 16.5. The molecular weight excluding hydrogens is 294 g/mol. The number of likely N-dealkylation sites (tertiary alicyclic amines) is 1. The standard InChI is InChI=1S/C16H21N5O2/c1-19-7-2-3-12(19)4-5-16(22)20-8-6-14-15(10-20)23-11-13-9-17-18-21(13)14/h2-3,7,9,14-15H,4-6,8,10-11H2,1H3/t14-,15-/m0/s1. The minimum absolute atomic E-state index is 0.0249. The van der Waals surface area contributed by atoms with E-state index in [0.29, 0.717) is 19.6 Å². The maximum atomic E-state index is 12.5.